The van der Waals surface area contributed by atoms with E-state index in [0.717, 1.165) is 11.3 Å². The van der Waals surface area contributed by atoms with Crippen LogP contribution in [0.25, 0.3) is 0 Å². The number of carbonyl (C=O) groups excluding carboxylic acids is 2. The van der Waals surface area contributed by atoms with Crippen LogP contribution in [0.1, 0.15) is 29.8 Å². The van der Waals surface area contributed by atoms with Gasteiger partial charge in [-0.1, -0.05) is 31.5 Å². The molecule has 1 aliphatic rings. The van der Waals surface area contributed by atoms with Crippen LogP contribution in [0.2, 0.25) is 0 Å². The monoisotopic (exact) mass is 424 g/mol. The molecule has 164 valence electrons. The Bertz CT molecular complexity index is 950. The van der Waals surface area contributed by atoms with Gasteiger partial charge in [0.25, 0.3) is 11.6 Å². The lowest BCUT2D eigenvalue weighted by Crippen LogP contribution is -2.56. The van der Waals surface area contributed by atoms with Crippen LogP contribution < -0.4 is 10.2 Å². The summed E-state index contributed by atoms with van der Waals surface area (Å²) in [5.41, 5.74) is 2.48. The summed E-state index contributed by atoms with van der Waals surface area (Å²) < 4.78 is 0. The quantitative estimate of drug-likeness (QED) is 0.568. The first-order valence-electron chi connectivity index (χ1n) is 10.4. The van der Waals surface area contributed by atoms with Crippen molar-refractivity contribution in [1.29, 1.82) is 0 Å². The molecule has 2 amide bonds. The second-order valence-corrected chi connectivity index (χ2v) is 8.15. The van der Waals surface area contributed by atoms with Crippen LogP contribution in [0.4, 0.5) is 11.4 Å². The van der Waals surface area contributed by atoms with Crippen molar-refractivity contribution < 1.29 is 14.5 Å². The molecule has 2 aromatic carbocycles. The number of non-ortho nitro benzene ring substituents is 1. The summed E-state index contributed by atoms with van der Waals surface area (Å²) in [4.78, 5) is 40.1. The molecule has 1 N–H and O–H groups in total. The standard InChI is InChI=1S/C23H28N4O4/c1-16(2)21(24-22(28)18-6-4-5-17(3)15-18)23(29)26-13-11-25(12-14-26)19-7-9-20(10-8-19)27(30)31/h4-10,15-16,21H,11-14H2,1-3H3,(H,24,28)/t21-/m0/s1. The number of nitrogens with zero attached hydrogens (tertiary/aromatic N) is 3. The van der Waals surface area contributed by atoms with Crippen molar-refractivity contribution in [3.05, 3.63) is 69.8 Å². The topological polar surface area (TPSA) is 95.8 Å². The number of nitro groups is 1. The van der Waals surface area contributed by atoms with Gasteiger partial charge in [0.1, 0.15) is 6.04 Å². The van der Waals surface area contributed by atoms with Gasteiger partial charge in [-0.25, -0.2) is 0 Å². The number of hydrogen-bond acceptors (Lipinski definition) is 5. The van der Waals surface area contributed by atoms with Crippen molar-refractivity contribution in [3.8, 4) is 0 Å². The van der Waals surface area contributed by atoms with Crippen LogP contribution in [-0.4, -0.2) is 53.9 Å². The van der Waals surface area contributed by atoms with E-state index in [-0.39, 0.29) is 23.4 Å². The van der Waals surface area contributed by atoms with E-state index in [1.807, 2.05) is 32.9 Å². The number of piperazine rings is 1. The Morgan fingerprint density at radius 1 is 1.03 bits per heavy atom. The Hall–Kier alpha value is -3.42. The molecule has 1 aliphatic heterocycles. The fourth-order valence-electron chi connectivity index (χ4n) is 3.69. The van der Waals surface area contributed by atoms with Crippen LogP contribution in [0.3, 0.4) is 0 Å². The van der Waals surface area contributed by atoms with Gasteiger partial charge in [-0.2, -0.15) is 0 Å². The lowest BCUT2D eigenvalue weighted by atomic mass is 10.0. The normalized spacial score (nSPS) is 15.0. The van der Waals surface area contributed by atoms with Crippen molar-refractivity contribution in [3.63, 3.8) is 0 Å². The predicted molar refractivity (Wildman–Crippen MR) is 119 cm³/mol. The minimum absolute atomic E-state index is 0.0473. The Morgan fingerprint density at radius 3 is 2.23 bits per heavy atom. The molecule has 0 bridgehead atoms. The third kappa shape index (κ3) is 5.39. The molecule has 0 aliphatic carbocycles. The lowest BCUT2D eigenvalue weighted by Gasteiger charge is -2.38. The van der Waals surface area contributed by atoms with Crippen LogP contribution >= 0.6 is 0 Å². The number of benzene rings is 2. The van der Waals surface area contributed by atoms with Gasteiger partial charge in [0.15, 0.2) is 0 Å². The van der Waals surface area contributed by atoms with Crippen molar-refractivity contribution in [2.75, 3.05) is 31.1 Å². The maximum atomic E-state index is 13.2. The number of rotatable bonds is 6. The minimum atomic E-state index is -0.598. The Labute approximate surface area is 182 Å². The van der Waals surface area contributed by atoms with Crippen LogP contribution in [0, 0.1) is 23.0 Å². The maximum absolute atomic E-state index is 13.2. The first-order valence-corrected chi connectivity index (χ1v) is 10.4. The van der Waals surface area contributed by atoms with E-state index in [4.69, 9.17) is 0 Å². The van der Waals surface area contributed by atoms with E-state index in [1.165, 1.54) is 12.1 Å². The molecule has 0 unspecified atom stereocenters. The number of anilines is 1. The average Bonchev–Trinajstić information content (AvgIpc) is 2.77. The summed E-state index contributed by atoms with van der Waals surface area (Å²) in [6.07, 6.45) is 0. The SMILES string of the molecule is Cc1cccc(C(=O)N[C@H](C(=O)N2CCN(c3ccc([N+](=O)[O-])cc3)CC2)C(C)C)c1. The van der Waals surface area contributed by atoms with E-state index in [1.54, 1.807) is 29.2 Å². The number of aryl methyl sites for hydroxylation is 1. The van der Waals surface area contributed by atoms with E-state index in [2.05, 4.69) is 10.2 Å². The number of nitrogens with one attached hydrogen (secondary N) is 1. The Kier molecular flexibility index (Phi) is 6.89. The fraction of sp³-hybridized carbons (Fsp3) is 0.391. The molecule has 1 atom stereocenters. The van der Waals surface area contributed by atoms with Gasteiger partial charge in [0, 0.05) is 49.6 Å². The first-order chi connectivity index (χ1) is 14.8. The van der Waals surface area contributed by atoms with Crippen molar-refractivity contribution in [2.24, 2.45) is 5.92 Å². The summed E-state index contributed by atoms with van der Waals surface area (Å²) in [7, 11) is 0. The minimum Gasteiger partial charge on any atom is -0.368 e. The first kappa shape index (κ1) is 22.3. The highest BCUT2D eigenvalue weighted by molar-refractivity contribution is 5.97. The molecule has 8 heteroatoms. The Morgan fingerprint density at radius 2 is 1.68 bits per heavy atom. The van der Waals surface area contributed by atoms with Gasteiger partial charge in [-0.15, -0.1) is 0 Å². The molecule has 0 aromatic heterocycles. The molecule has 31 heavy (non-hydrogen) atoms. The number of nitro benzene ring substituents is 1. The molecule has 0 radical (unpaired) electrons. The second-order valence-electron chi connectivity index (χ2n) is 8.15. The molecule has 8 nitrogen and oxygen atoms in total. The smallest absolute Gasteiger partial charge is 0.269 e. The summed E-state index contributed by atoms with van der Waals surface area (Å²) in [6.45, 7) is 8.07. The van der Waals surface area contributed by atoms with E-state index in [0.29, 0.717) is 31.7 Å². The number of carbonyl (C=O) groups is 2. The number of amides is 2. The highest BCUT2D eigenvalue weighted by Crippen LogP contribution is 2.21. The van der Waals surface area contributed by atoms with E-state index < -0.39 is 11.0 Å². The highest BCUT2D eigenvalue weighted by Gasteiger charge is 2.31. The van der Waals surface area contributed by atoms with Crippen molar-refractivity contribution >= 4 is 23.2 Å². The zero-order chi connectivity index (χ0) is 22.5. The molecule has 1 heterocycles. The van der Waals surface area contributed by atoms with Gasteiger partial charge in [-0.05, 0) is 37.1 Å². The van der Waals surface area contributed by atoms with Gasteiger partial charge in [0.2, 0.25) is 5.91 Å². The summed E-state index contributed by atoms with van der Waals surface area (Å²) >= 11 is 0. The lowest BCUT2D eigenvalue weighted by molar-refractivity contribution is -0.384. The zero-order valence-electron chi connectivity index (χ0n) is 18.1. The van der Waals surface area contributed by atoms with Crippen LogP contribution in [0.15, 0.2) is 48.5 Å². The maximum Gasteiger partial charge on any atom is 0.269 e. The third-order valence-electron chi connectivity index (χ3n) is 5.52. The van der Waals surface area contributed by atoms with Crippen LogP contribution in [-0.2, 0) is 4.79 Å². The third-order valence-corrected chi connectivity index (χ3v) is 5.52. The van der Waals surface area contributed by atoms with Gasteiger partial charge in [-0.3, -0.25) is 19.7 Å². The molecular weight excluding hydrogens is 396 g/mol. The highest BCUT2D eigenvalue weighted by atomic mass is 16.6. The summed E-state index contributed by atoms with van der Waals surface area (Å²) in [5.74, 6) is -0.381. The largest absolute Gasteiger partial charge is 0.368 e. The predicted octanol–water partition coefficient (Wildman–Crippen LogP) is 3.01. The zero-order valence-corrected chi connectivity index (χ0v) is 18.1. The molecule has 1 fully saturated rings. The van der Waals surface area contributed by atoms with E-state index >= 15 is 0 Å². The van der Waals surface area contributed by atoms with Gasteiger partial charge in [0.05, 0.1) is 4.92 Å². The molecular formula is C23H28N4O4. The summed E-state index contributed by atoms with van der Waals surface area (Å²) in [6, 6.07) is 13.1. The molecule has 1 saturated heterocycles. The van der Waals surface area contributed by atoms with Crippen LogP contribution in [0.5, 0.6) is 0 Å². The van der Waals surface area contributed by atoms with Gasteiger partial charge < -0.3 is 15.1 Å². The van der Waals surface area contributed by atoms with Crippen molar-refractivity contribution in [1.82, 2.24) is 10.2 Å². The second kappa shape index (κ2) is 9.59. The Balaban J connectivity index is 1.62. The molecule has 0 saturated carbocycles. The average molecular weight is 425 g/mol. The van der Waals surface area contributed by atoms with E-state index in [9.17, 15) is 19.7 Å². The number of hydrogen-bond donors (Lipinski definition) is 1. The fourth-order valence-corrected chi connectivity index (χ4v) is 3.69. The molecule has 0 spiro atoms. The molecule has 2 aromatic rings. The van der Waals surface area contributed by atoms with Crippen molar-refractivity contribution in [2.45, 2.75) is 26.8 Å². The summed E-state index contributed by atoms with van der Waals surface area (Å²) in [5, 5.41) is 13.7. The van der Waals surface area contributed by atoms with Gasteiger partial charge >= 0.3 is 0 Å². The molecule has 3 rings (SSSR count).